The van der Waals surface area contributed by atoms with E-state index in [4.69, 9.17) is 4.99 Å². The van der Waals surface area contributed by atoms with Gasteiger partial charge in [-0.1, -0.05) is 18.2 Å². The van der Waals surface area contributed by atoms with E-state index in [1.807, 2.05) is 69.8 Å². The van der Waals surface area contributed by atoms with Crippen molar-refractivity contribution >= 4 is 17.6 Å². The Kier molecular flexibility index (Phi) is 6.59. The lowest BCUT2D eigenvalue weighted by Gasteiger charge is -2.15. The number of nitrogens with zero attached hydrogens (tertiary/aromatic N) is 3. The van der Waals surface area contributed by atoms with Crippen LogP contribution in [0.15, 0.2) is 41.4 Å². The largest absolute Gasteiger partial charge is 0.326 e. The van der Waals surface area contributed by atoms with Crippen LogP contribution < -0.4 is 10.6 Å². The van der Waals surface area contributed by atoms with Gasteiger partial charge in [0.05, 0.1) is 12.2 Å². The Morgan fingerprint density at radius 2 is 1.74 bits per heavy atom. The molecule has 0 bridgehead atoms. The molecule has 0 radical (unpaired) electrons. The lowest BCUT2D eigenvalue weighted by Crippen LogP contribution is -2.36. The Bertz CT molecular complexity index is 1160. The Morgan fingerprint density at radius 3 is 2.39 bits per heavy atom. The number of amides is 1. The molecule has 0 spiro atoms. The third kappa shape index (κ3) is 5.02. The lowest BCUT2D eigenvalue weighted by molar-refractivity contribution is 0.0977. The topological polar surface area (TPSA) is 71.3 Å². The lowest BCUT2D eigenvalue weighted by atomic mass is 10.1. The number of nitrogens with one attached hydrogen (secondary N) is 2. The highest BCUT2D eigenvalue weighted by atomic mass is 16.1. The number of aliphatic imine (C=N–C) groups is 1. The van der Waals surface area contributed by atoms with E-state index in [9.17, 15) is 4.79 Å². The van der Waals surface area contributed by atoms with Gasteiger partial charge in [0.15, 0.2) is 0 Å². The molecule has 0 unspecified atom stereocenters. The van der Waals surface area contributed by atoms with Gasteiger partial charge < -0.3 is 5.32 Å². The minimum atomic E-state index is -0.195. The zero-order valence-corrected chi connectivity index (χ0v) is 19.4. The smallest absolute Gasteiger partial charge is 0.257 e. The second kappa shape index (κ2) is 9.16. The van der Waals surface area contributed by atoms with Crippen LogP contribution in [0.4, 0.5) is 5.69 Å². The molecule has 0 aliphatic rings. The third-order valence-corrected chi connectivity index (χ3v) is 5.91. The van der Waals surface area contributed by atoms with Crippen molar-refractivity contribution in [1.29, 1.82) is 0 Å². The number of carbonyl (C=O) groups is 1. The van der Waals surface area contributed by atoms with Gasteiger partial charge >= 0.3 is 0 Å². The van der Waals surface area contributed by atoms with Crippen molar-refractivity contribution in [3.8, 4) is 0 Å². The van der Waals surface area contributed by atoms with E-state index in [1.165, 1.54) is 5.56 Å². The highest BCUT2D eigenvalue weighted by Gasteiger charge is 2.13. The monoisotopic (exact) mass is 417 g/mol. The first kappa shape index (κ1) is 22.3. The second-order valence-electron chi connectivity index (χ2n) is 8.06. The average Bonchev–Trinajstić information content (AvgIpc) is 2.96. The quantitative estimate of drug-likeness (QED) is 0.479. The van der Waals surface area contributed by atoms with Crippen LogP contribution in [0.3, 0.4) is 0 Å². The summed E-state index contributed by atoms with van der Waals surface area (Å²) < 4.78 is 1.85. The maximum absolute atomic E-state index is 13.0. The molecule has 6 heteroatoms. The first-order valence-electron chi connectivity index (χ1n) is 10.4. The molecule has 0 saturated heterocycles. The van der Waals surface area contributed by atoms with Gasteiger partial charge in [0.1, 0.15) is 0 Å². The van der Waals surface area contributed by atoms with Gasteiger partial charge in [-0.25, -0.2) is 4.99 Å². The fraction of sp³-hybridized carbons (Fsp3) is 0.320. The van der Waals surface area contributed by atoms with Crippen LogP contribution in [0, 0.1) is 41.5 Å². The summed E-state index contributed by atoms with van der Waals surface area (Å²) in [6.45, 7) is 12.6. The summed E-state index contributed by atoms with van der Waals surface area (Å²) in [5, 5.41) is 10.7. The molecule has 162 valence electrons. The molecule has 1 amide bonds. The van der Waals surface area contributed by atoms with Crippen molar-refractivity contribution in [2.45, 2.75) is 48.1 Å². The van der Waals surface area contributed by atoms with E-state index in [-0.39, 0.29) is 5.91 Å². The van der Waals surface area contributed by atoms with Crippen LogP contribution in [0.25, 0.3) is 0 Å². The summed E-state index contributed by atoms with van der Waals surface area (Å²) in [6.07, 6.45) is 0. The first-order valence-corrected chi connectivity index (χ1v) is 10.4. The molecule has 3 rings (SSSR count). The molecule has 0 aliphatic heterocycles. The minimum Gasteiger partial charge on any atom is -0.326 e. The normalized spacial score (nSPS) is 11.5. The number of guanidine groups is 1. The molecule has 0 aliphatic carbocycles. The summed E-state index contributed by atoms with van der Waals surface area (Å²) in [5.74, 6) is 0.221. The van der Waals surface area contributed by atoms with Gasteiger partial charge in [0, 0.05) is 29.6 Å². The number of hydrogen-bond acceptors (Lipinski definition) is 3. The van der Waals surface area contributed by atoms with Crippen molar-refractivity contribution in [3.05, 3.63) is 81.2 Å². The molecule has 1 heterocycles. The van der Waals surface area contributed by atoms with Crippen molar-refractivity contribution in [1.82, 2.24) is 15.1 Å². The molecule has 0 fully saturated rings. The van der Waals surface area contributed by atoms with Crippen molar-refractivity contribution in [3.63, 3.8) is 0 Å². The SMILES string of the molecule is Cc1ccc(C(=O)NC(=NCc2c(C)nn(C)c2C)Nc2cccc(C)c2C)cc1C. The predicted molar refractivity (Wildman–Crippen MR) is 127 cm³/mol. The summed E-state index contributed by atoms with van der Waals surface area (Å²) in [7, 11) is 1.92. The fourth-order valence-corrected chi connectivity index (χ4v) is 3.39. The van der Waals surface area contributed by atoms with E-state index in [0.29, 0.717) is 18.1 Å². The van der Waals surface area contributed by atoms with Crippen LogP contribution in [-0.4, -0.2) is 21.6 Å². The highest BCUT2D eigenvalue weighted by molar-refractivity contribution is 6.10. The number of rotatable bonds is 4. The van der Waals surface area contributed by atoms with E-state index in [0.717, 1.165) is 39.3 Å². The van der Waals surface area contributed by atoms with Gasteiger partial charge in [-0.05, 0) is 82.0 Å². The summed E-state index contributed by atoms with van der Waals surface area (Å²) >= 11 is 0. The van der Waals surface area contributed by atoms with Gasteiger partial charge in [-0.3, -0.25) is 14.8 Å². The number of aryl methyl sites for hydroxylation is 5. The van der Waals surface area contributed by atoms with Crippen LogP contribution in [0.2, 0.25) is 0 Å². The second-order valence-corrected chi connectivity index (χ2v) is 8.06. The Morgan fingerprint density at radius 1 is 1.00 bits per heavy atom. The van der Waals surface area contributed by atoms with E-state index >= 15 is 0 Å². The molecule has 2 aromatic carbocycles. The Hall–Kier alpha value is -3.41. The predicted octanol–water partition coefficient (Wildman–Crippen LogP) is 4.67. The fourth-order valence-electron chi connectivity index (χ4n) is 3.39. The average molecular weight is 418 g/mol. The number of carbonyl (C=O) groups excluding carboxylic acids is 1. The van der Waals surface area contributed by atoms with Crippen molar-refractivity contribution < 1.29 is 4.79 Å². The van der Waals surface area contributed by atoms with Crippen LogP contribution in [0.1, 0.15) is 49.6 Å². The zero-order valence-electron chi connectivity index (χ0n) is 19.4. The molecule has 31 heavy (non-hydrogen) atoms. The maximum Gasteiger partial charge on any atom is 0.257 e. The number of anilines is 1. The summed E-state index contributed by atoms with van der Waals surface area (Å²) in [4.78, 5) is 17.7. The zero-order chi connectivity index (χ0) is 22.7. The van der Waals surface area contributed by atoms with E-state index in [2.05, 4.69) is 35.6 Å². The Balaban J connectivity index is 1.91. The summed E-state index contributed by atoms with van der Waals surface area (Å²) in [6, 6.07) is 11.7. The van der Waals surface area contributed by atoms with Gasteiger partial charge in [0.25, 0.3) is 5.91 Å². The van der Waals surface area contributed by atoms with Crippen LogP contribution in [-0.2, 0) is 13.6 Å². The van der Waals surface area contributed by atoms with E-state index < -0.39 is 0 Å². The van der Waals surface area contributed by atoms with Crippen LogP contribution >= 0.6 is 0 Å². The molecule has 6 nitrogen and oxygen atoms in total. The van der Waals surface area contributed by atoms with E-state index in [1.54, 1.807) is 0 Å². The van der Waals surface area contributed by atoms with Gasteiger partial charge in [-0.15, -0.1) is 0 Å². The molecule has 1 aromatic heterocycles. The molecule has 0 atom stereocenters. The molecule has 3 aromatic rings. The highest BCUT2D eigenvalue weighted by Crippen LogP contribution is 2.19. The van der Waals surface area contributed by atoms with Gasteiger partial charge in [0.2, 0.25) is 5.96 Å². The molecular weight excluding hydrogens is 386 g/mol. The third-order valence-electron chi connectivity index (χ3n) is 5.91. The van der Waals surface area contributed by atoms with Crippen LogP contribution in [0.5, 0.6) is 0 Å². The van der Waals surface area contributed by atoms with Crippen molar-refractivity contribution in [2.24, 2.45) is 12.0 Å². The number of hydrogen-bond donors (Lipinski definition) is 2. The molecular formula is C25H31N5O. The Labute approximate surface area is 184 Å². The number of aromatic nitrogens is 2. The van der Waals surface area contributed by atoms with Gasteiger partial charge in [-0.2, -0.15) is 5.10 Å². The molecule has 0 saturated carbocycles. The first-order chi connectivity index (χ1) is 14.7. The minimum absolute atomic E-state index is 0.195. The number of benzene rings is 2. The van der Waals surface area contributed by atoms with Crippen molar-refractivity contribution in [2.75, 3.05) is 5.32 Å². The summed E-state index contributed by atoms with van der Waals surface area (Å²) in [5.41, 5.74) is 9.10. The maximum atomic E-state index is 13.0. The molecule has 2 N–H and O–H groups in total. The standard InChI is InChI=1S/C25H31N5O/c1-15-11-12-21(13-17(15)3)24(31)28-25(27-23-10-8-9-16(2)18(23)4)26-14-22-19(5)29-30(7)20(22)6/h8-13H,14H2,1-7H3,(H2,26,27,28,31).